The van der Waals surface area contributed by atoms with E-state index in [0.29, 0.717) is 19.8 Å². The van der Waals surface area contributed by atoms with Crippen molar-refractivity contribution in [2.45, 2.75) is 45.5 Å². The van der Waals surface area contributed by atoms with Crippen LogP contribution in [0.1, 0.15) is 42.4 Å². The molecule has 4 heteroatoms. The molecule has 164 valence electrons. The Labute approximate surface area is 185 Å². The lowest BCUT2D eigenvalue weighted by atomic mass is 10.2. The largest absolute Gasteiger partial charge is 0.485 e. The van der Waals surface area contributed by atoms with Gasteiger partial charge in [0, 0.05) is 13.2 Å². The van der Waals surface area contributed by atoms with Crippen molar-refractivity contribution in [2.75, 3.05) is 13.2 Å². The van der Waals surface area contributed by atoms with E-state index in [1.165, 1.54) is 0 Å². The van der Waals surface area contributed by atoms with Crippen LogP contribution in [0.4, 0.5) is 0 Å². The van der Waals surface area contributed by atoms with Gasteiger partial charge in [-0.2, -0.15) is 0 Å². The summed E-state index contributed by atoms with van der Waals surface area (Å²) in [5.41, 5.74) is 3.29. The summed E-state index contributed by atoms with van der Waals surface area (Å²) in [6.07, 6.45) is 4.01. The zero-order valence-electron chi connectivity index (χ0n) is 18.0. The number of hydrogen-bond donors (Lipinski definition) is 1. The normalized spacial score (nSPS) is 10.7. The number of rotatable bonds is 14. The van der Waals surface area contributed by atoms with Crippen molar-refractivity contribution in [3.63, 3.8) is 0 Å². The predicted octanol–water partition coefficient (Wildman–Crippen LogP) is 5.91. The molecule has 0 fully saturated rings. The van der Waals surface area contributed by atoms with Crippen LogP contribution in [0.15, 0.2) is 78.9 Å². The second kappa shape index (κ2) is 13.5. The standard InChI is InChI=1S/C27H32O4/c28-17-9-1-2-10-18-29-20-25-15-16-26(30-21-23-11-5-3-6-12-23)27(19-25)31-22-24-13-7-4-8-14-24/h3-8,11-16,19,28H,1-2,9-10,17-18,20-22H2. The molecule has 3 rings (SSSR count). The van der Waals surface area contributed by atoms with Crippen LogP contribution in [0.2, 0.25) is 0 Å². The first-order valence-electron chi connectivity index (χ1n) is 11.0. The van der Waals surface area contributed by atoms with Crippen LogP contribution in [0.3, 0.4) is 0 Å². The summed E-state index contributed by atoms with van der Waals surface area (Å²) < 4.78 is 18.0. The fourth-order valence-corrected chi connectivity index (χ4v) is 3.20. The molecule has 0 atom stereocenters. The SMILES string of the molecule is OCCCCCCOCc1ccc(OCc2ccccc2)c(OCc2ccccc2)c1. The molecule has 31 heavy (non-hydrogen) atoms. The molecule has 1 N–H and O–H groups in total. The van der Waals surface area contributed by atoms with Gasteiger partial charge in [-0.15, -0.1) is 0 Å². The zero-order valence-corrected chi connectivity index (χ0v) is 18.0. The van der Waals surface area contributed by atoms with Gasteiger partial charge in [0.15, 0.2) is 11.5 Å². The van der Waals surface area contributed by atoms with Gasteiger partial charge in [-0.05, 0) is 41.7 Å². The molecule has 0 radical (unpaired) electrons. The Morgan fingerprint density at radius 2 is 1.16 bits per heavy atom. The van der Waals surface area contributed by atoms with E-state index in [-0.39, 0.29) is 6.61 Å². The lowest BCUT2D eigenvalue weighted by Gasteiger charge is -2.15. The molecule has 0 aromatic heterocycles. The maximum absolute atomic E-state index is 8.83. The van der Waals surface area contributed by atoms with E-state index in [0.717, 1.165) is 60.5 Å². The monoisotopic (exact) mass is 420 g/mol. The van der Waals surface area contributed by atoms with Crippen LogP contribution >= 0.6 is 0 Å². The van der Waals surface area contributed by atoms with Crippen LogP contribution < -0.4 is 9.47 Å². The second-order valence-electron chi connectivity index (χ2n) is 7.52. The minimum Gasteiger partial charge on any atom is -0.485 e. The maximum atomic E-state index is 8.83. The molecule has 0 amide bonds. The van der Waals surface area contributed by atoms with Crippen LogP contribution in [-0.4, -0.2) is 18.3 Å². The number of unbranched alkanes of at least 4 members (excludes halogenated alkanes) is 3. The van der Waals surface area contributed by atoms with E-state index in [9.17, 15) is 0 Å². The first kappa shape index (κ1) is 22.9. The second-order valence-corrected chi connectivity index (χ2v) is 7.52. The predicted molar refractivity (Wildman–Crippen MR) is 123 cm³/mol. The molecular weight excluding hydrogens is 388 g/mol. The summed E-state index contributed by atoms with van der Waals surface area (Å²) >= 11 is 0. The van der Waals surface area contributed by atoms with Gasteiger partial charge in [0.05, 0.1) is 6.61 Å². The Balaban J connectivity index is 1.58. The summed E-state index contributed by atoms with van der Waals surface area (Å²) in [5, 5.41) is 8.83. The molecule has 3 aromatic rings. The van der Waals surface area contributed by atoms with E-state index in [2.05, 4.69) is 0 Å². The Hall–Kier alpha value is -2.82. The van der Waals surface area contributed by atoms with Crippen molar-refractivity contribution < 1.29 is 19.3 Å². The van der Waals surface area contributed by atoms with Crippen molar-refractivity contribution in [1.82, 2.24) is 0 Å². The summed E-state index contributed by atoms with van der Waals surface area (Å²) in [6.45, 7) is 2.51. The average molecular weight is 421 g/mol. The molecule has 0 aliphatic rings. The van der Waals surface area contributed by atoms with Gasteiger partial charge < -0.3 is 19.3 Å². The van der Waals surface area contributed by atoms with Gasteiger partial charge in [-0.1, -0.05) is 79.6 Å². The smallest absolute Gasteiger partial charge is 0.162 e. The molecule has 0 spiro atoms. The molecule has 0 saturated carbocycles. The molecule has 4 nitrogen and oxygen atoms in total. The maximum Gasteiger partial charge on any atom is 0.162 e. The van der Waals surface area contributed by atoms with E-state index in [1.54, 1.807) is 0 Å². The van der Waals surface area contributed by atoms with Gasteiger partial charge in [0.1, 0.15) is 13.2 Å². The van der Waals surface area contributed by atoms with Crippen LogP contribution in [0.25, 0.3) is 0 Å². The molecular formula is C27H32O4. The highest BCUT2D eigenvalue weighted by Gasteiger charge is 2.09. The van der Waals surface area contributed by atoms with Crippen LogP contribution in [-0.2, 0) is 24.6 Å². The van der Waals surface area contributed by atoms with Gasteiger partial charge in [0.2, 0.25) is 0 Å². The fourth-order valence-electron chi connectivity index (χ4n) is 3.20. The van der Waals surface area contributed by atoms with Gasteiger partial charge in [0.25, 0.3) is 0 Å². The van der Waals surface area contributed by atoms with E-state index >= 15 is 0 Å². The molecule has 0 saturated heterocycles. The third-order valence-corrected chi connectivity index (χ3v) is 4.95. The van der Waals surface area contributed by atoms with Crippen molar-refractivity contribution in [1.29, 1.82) is 0 Å². The quantitative estimate of drug-likeness (QED) is 0.329. The number of ether oxygens (including phenoxy) is 3. The molecule has 0 aliphatic carbocycles. The molecule has 3 aromatic carbocycles. The highest BCUT2D eigenvalue weighted by molar-refractivity contribution is 5.43. The molecule has 0 aliphatic heterocycles. The topological polar surface area (TPSA) is 47.9 Å². The van der Waals surface area contributed by atoms with Crippen molar-refractivity contribution >= 4 is 0 Å². The average Bonchev–Trinajstić information content (AvgIpc) is 2.83. The first-order chi connectivity index (χ1) is 15.3. The van der Waals surface area contributed by atoms with E-state index < -0.39 is 0 Å². The third-order valence-electron chi connectivity index (χ3n) is 4.95. The Bertz CT molecular complexity index is 865. The van der Waals surface area contributed by atoms with E-state index in [4.69, 9.17) is 19.3 Å². The zero-order chi connectivity index (χ0) is 21.6. The minimum atomic E-state index is 0.269. The lowest BCUT2D eigenvalue weighted by molar-refractivity contribution is 0.116. The number of aliphatic hydroxyl groups excluding tert-OH is 1. The summed E-state index contributed by atoms with van der Waals surface area (Å²) in [7, 11) is 0. The molecule has 0 bridgehead atoms. The minimum absolute atomic E-state index is 0.269. The van der Waals surface area contributed by atoms with Crippen LogP contribution in [0, 0.1) is 0 Å². The summed E-state index contributed by atoms with van der Waals surface area (Å²) in [4.78, 5) is 0. The Morgan fingerprint density at radius 3 is 1.81 bits per heavy atom. The third kappa shape index (κ3) is 8.44. The number of benzene rings is 3. The van der Waals surface area contributed by atoms with Gasteiger partial charge in [-0.3, -0.25) is 0 Å². The van der Waals surface area contributed by atoms with Crippen molar-refractivity contribution in [3.05, 3.63) is 95.6 Å². The summed E-state index contributed by atoms with van der Waals surface area (Å²) in [5.74, 6) is 1.45. The highest BCUT2D eigenvalue weighted by atomic mass is 16.5. The van der Waals surface area contributed by atoms with Crippen molar-refractivity contribution in [3.8, 4) is 11.5 Å². The summed E-state index contributed by atoms with van der Waals surface area (Å²) in [6, 6.07) is 26.2. The van der Waals surface area contributed by atoms with E-state index in [1.807, 2.05) is 78.9 Å². The highest BCUT2D eigenvalue weighted by Crippen LogP contribution is 2.30. The fraction of sp³-hybridized carbons (Fsp3) is 0.333. The van der Waals surface area contributed by atoms with Gasteiger partial charge >= 0.3 is 0 Å². The van der Waals surface area contributed by atoms with Crippen molar-refractivity contribution in [2.24, 2.45) is 0 Å². The molecule has 0 heterocycles. The Kier molecular flexibility index (Phi) is 9.94. The molecule has 0 unspecified atom stereocenters. The number of aliphatic hydroxyl groups is 1. The lowest BCUT2D eigenvalue weighted by Crippen LogP contribution is -2.02. The number of hydrogen-bond acceptors (Lipinski definition) is 4. The Morgan fingerprint density at radius 1 is 0.548 bits per heavy atom. The first-order valence-corrected chi connectivity index (χ1v) is 11.0. The van der Waals surface area contributed by atoms with Crippen LogP contribution in [0.5, 0.6) is 11.5 Å². The van der Waals surface area contributed by atoms with Gasteiger partial charge in [-0.25, -0.2) is 0 Å².